The fourth-order valence-electron chi connectivity index (χ4n) is 2.41. The number of carbonyl (C=O) groups excluding carboxylic acids is 1. The van der Waals surface area contributed by atoms with E-state index in [9.17, 15) is 13.2 Å². The summed E-state index contributed by atoms with van der Waals surface area (Å²) in [4.78, 5) is 12.5. The van der Waals surface area contributed by atoms with E-state index in [1.54, 1.807) is 36.4 Å². The quantitative estimate of drug-likeness (QED) is 0.574. The van der Waals surface area contributed by atoms with Gasteiger partial charge < -0.3 is 5.32 Å². The third-order valence-corrected chi connectivity index (χ3v) is 4.64. The molecule has 9 nitrogen and oxygen atoms in total. The highest BCUT2D eigenvalue weighted by Crippen LogP contribution is 2.18. The topological polar surface area (TPSA) is 144 Å². The first kappa shape index (κ1) is 17.7. The van der Waals surface area contributed by atoms with Gasteiger partial charge in [-0.2, -0.15) is 5.21 Å². The molecule has 4 N–H and O–H groups in total. The zero-order chi connectivity index (χ0) is 18.6. The van der Waals surface area contributed by atoms with Gasteiger partial charge in [-0.25, -0.2) is 13.6 Å². The number of primary sulfonamides is 1. The van der Waals surface area contributed by atoms with Crippen LogP contribution in [0, 0.1) is 0 Å². The second-order valence-electron chi connectivity index (χ2n) is 5.48. The summed E-state index contributed by atoms with van der Waals surface area (Å²) < 4.78 is 22.5. The fourth-order valence-corrected chi connectivity index (χ4v) is 2.93. The van der Waals surface area contributed by atoms with Crippen molar-refractivity contribution in [3.63, 3.8) is 0 Å². The zero-order valence-corrected chi connectivity index (χ0v) is 14.4. The lowest BCUT2D eigenvalue weighted by atomic mass is 10.1. The molecule has 0 unspecified atom stereocenters. The summed E-state index contributed by atoms with van der Waals surface area (Å²) in [5.41, 5.74) is 1.90. The van der Waals surface area contributed by atoms with Gasteiger partial charge in [0.05, 0.1) is 10.5 Å². The highest BCUT2D eigenvalue weighted by atomic mass is 32.2. The lowest BCUT2D eigenvalue weighted by Gasteiger charge is -2.08. The number of amides is 1. The van der Waals surface area contributed by atoms with Crippen molar-refractivity contribution >= 4 is 15.9 Å². The van der Waals surface area contributed by atoms with Crippen LogP contribution in [0.3, 0.4) is 0 Å². The van der Waals surface area contributed by atoms with Crippen molar-refractivity contribution in [2.75, 3.05) is 6.54 Å². The molecule has 1 aromatic heterocycles. The van der Waals surface area contributed by atoms with E-state index < -0.39 is 10.0 Å². The average molecular weight is 372 g/mol. The maximum atomic E-state index is 12.4. The van der Waals surface area contributed by atoms with Crippen molar-refractivity contribution in [1.29, 1.82) is 0 Å². The van der Waals surface area contributed by atoms with Gasteiger partial charge in [0.25, 0.3) is 5.91 Å². The number of carbonyl (C=O) groups is 1. The molecular formula is C16H16N6O3S. The van der Waals surface area contributed by atoms with Gasteiger partial charge in [-0.05, 0) is 35.4 Å². The van der Waals surface area contributed by atoms with Crippen molar-refractivity contribution in [1.82, 2.24) is 25.9 Å². The molecule has 134 valence electrons. The lowest BCUT2D eigenvalue weighted by Crippen LogP contribution is -2.26. The first-order valence-corrected chi connectivity index (χ1v) is 9.22. The molecule has 3 aromatic rings. The molecule has 3 rings (SSSR count). The molecule has 0 saturated heterocycles. The molecule has 26 heavy (non-hydrogen) atoms. The lowest BCUT2D eigenvalue weighted by molar-refractivity contribution is 0.0954. The normalized spacial score (nSPS) is 11.3. The summed E-state index contributed by atoms with van der Waals surface area (Å²) in [5.74, 6) is 0.0842. The molecule has 0 radical (unpaired) electrons. The minimum Gasteiger partial charge on any atom is -0.352 e. The summed E-state index contributed by atoms with van der Waals surface area (Å²) in [6.07, 6.45) is 0.543. The number of rotatable bonds is 6. The number of aromatic amines is 1. The van der Waals surface area contributed by atoms with E-state index in [1.807, 2.05) is 0 Å². The van der Waals surface area contributed by atoms with E-state index in [1.165, 1.54) is 12.1 Å². The van der Waals surface area contributed by atoms with Crippen LogP contribution in [0.1, 0.15) is 15.9 Å². The number of nitrogens with one attached hydrogen (secondary N) is 2. The molecule has 0 aliphatic carbocycles. The highest BCUT2D eigenvalue weighted by molar-refractivity contribution is 7.89. The largest absolute Gasteiger partial charge is 0.352 e. The Labute approximate surface area is 149 Å². The molecule has 10 heteroatoms. The van der Waals surface area contributed by atoms with Crippen molar-refractivity contribution in [3.05, 3.63) is 59.7 Å². The van der Waals surface area contributed by atoms with Gasteiger partial charge in [0.1, 0.15) is 0 Å². The third-order valence-electron chi connectivity index (χ3n) is 3.71. The van der Waals surface area contributed by atoms with Gasteiger partial charge in [-0.3, -0.25) is 4.79 Å². The summed E-state index contributed by atoms with van der Waals surface area (Å²) >= 11 is 0. The smallest absolute Gasteiger partial charge is 0.252 e. The number of hydrogen-bond acceptors (Lipinski definition) is 6. The van der Waals surface area contributed by atoms with Crippen molar-refractivity contribution in [3.8, 4) is 11.4 Å². The maximum absolute atomic E-state index is 12.4. The Bertz CT molecular complexity index is 1000. The Morgan fingerprint density at radius 1 is 1.12 bits per heavy atom. The Morgan fingerprint density at radius 2 is 1.85 bits per heavy atom. The predicted octanol–water partition coefficient (Wildman–Crippen LogP) is 0.487. The van der Waals surface area contributed by atoms with E-state index in [2.05, 4.69) is 25.9 Å². The van der Waals surface area contributed by atoms with Crippen LogP contribution in [0.25, 0.3) is 11.4 Å². The summed E-state index contributed by atoms with van der Waals surface area (Å²) in [6.45, 7) is 0.383. The molecule has 1 amide bonds. The summed E-state index contributed by atoms with van der Waals surface area (Å²) in [7, 11) is -3.71. The number of hydrogen-bond donors (Lipinski definition) is 3. The van der Waals surface area contributed by atoms with E-state index in [0.717, 1.165) is 5.56 Å². The number of aromatic nitrogens is 4. The minimum atomic E-state index is -3.71. The van der Waals surface area contributed by atoms with Crippen molar-refractivity contribution in [2.24, 2.45) is 5.14 Å². The summed E-state index contributed by atoms with van der Waals surface area (Å²) in [5, 5.41) is 21.6. The molecule has 1 heterocycles. The average Bonchev–Trinajstić information content (AvgIpc) is 3.16. The second-order valence-corrected chi connectivity index (χ2v) is 7.04. The number of nitrogens with two attached hydrogens (primary N) is 1. The fraction of sp³-hybridized carbons (Fsp3) is 0.125. The van der Waals surface area contributed by atoms with Crippen LogP contribution in [0.4, 0.5) is 0 Å². The van der Waals surface area contributed by atoms with E-state index >= 15 is 0 Å². The number of nitrogens with zero attached hydrogens (tertiary/aromatic N) is 3. The van der Waals surface area contributed by atoms with Gasteiger partial charge in [-0.15, -0.1) is 10.2 Å². The van der Waals surface area contributed by atoms with Crippen LogP contribution in [-0.2, 0) is 16.4 Å². The van der Waals surface area contributed by atoms with Crippen LogP contribution in [0.15, 0.2) is 53.4 Å². The maximum Gasteiger partial charge on any atom is 0.252 e. The standard InChI is InChI=1S/C16H16N6O3S/c17-26(24,25)12-7-5-11(6-8-12)9-10-18-16(23)14-4-2-1-3-13(14)15-19-21-22-20-15/h1-8H,9-10H2,(H,18,23)(H2,17,24,25)(H,19,20,21,22). The molecule has 0 atom stereocenters. The predicted molar refractivity (Wildman–Crippen MR) is 93.5 cm³/mol. The monoisotopic (exact) mass is 372 g/mol. The van der Waals surface area contributed by atoms with Crippen molar-refractivity contribution < 1.29 is 13.2 Å². The van der Waals surface area contributed by atoms with Crippen LogP contribution >= 0.6 is 0 Å². The van der Waals surface area contributed by atoms with Crippen LogP contribution < -0.4 is 10.5 Å². The molecule has 0 fully saturated rings. The molecule has 0 spiro atoms. The van der Waals surface area contributed by atoms with E-state index in [-0.39, 0.29) is 10.8 Å². The first-order chi connectivity index (χ1) is 12.4. The van der Waals surface area contributed by atoms with Crippen LogP contribution in [0.2, 0.25) is 0 Å². The van der Waals surface area contributed by atoms with Gasteiger partial charge in [0.15, 0.2) is 0 Å². The number of tetrazole rings is 1. The van der Waals surface area contributed by atoms with E-state index in [4.69, 9.17) is 5.14 Å². The van der Waals surface area contributed by atoms with Gasteiger partial charge in [0.2, 0.25) is 15.8 Å². The van der Waals surface area contributed by atoms with Gasteiger partial charge in [-0.1, -0.05) is 30.3 Å². The number of benzene rings is 2. The molecule has 0 saturated carbocycles. The Hall–Kier alpha value is -3.11. The third kappa shape index (κ3) is 4.10. The molecule has 0 bridgehead atoms. The molecule has 0 aliphatic heterocycles. The summed E-state index contributed by atoms with van der Waals surface area (Å²) in [6, 6.07) is 13.2. The van der Waals surface area contributed by atoms with Crippen LogP contribution in [-0.4, -0.2) is 41.5 Å². The molecule has 2 aromatic carbocycles. The van der Waals surface area contributed by atoms with Crippen LogP contribution in [0.5, 0.6) is 0 Å². The zero-order valence-electron chi connectivity index (χ0n) is 13.6. The molecular weight excluding hydrogens is 356 g/mol. The van der Waals surface area contributed by atoms with Gasteiger partial charge >= 0.3 is 0 Å². The van der Waals surface area contributed by atoms with E-state index in [0.29, 0.717) is 29.9 Å². The Morgan fingerprint density at radius 3 is 2.50 bits per heavy atom. The Balaban J connectivity index is 1.63. The number of sulfonamides is 1. The van der Waals surface area contributed by atoms with Crippen molar-refractivity contribution in [2.45, 2.75) is 11.3 Å². The second kappa shape index (κ2) is 7.42. The number of H-pyrrole nitrogens is 1. The highest BCUT2D eigenvalue weighted by Gasteiger charge is 2.14. The van der Waals surface area contributed by atoms with Gasteiger partial charge in [0, 0.05) is 12.1 Å². The molecule has 0 aliphatic rings. The minimum absolute atomic E-state index is 0.0549. The Kier molecular flexibility index (Phi) is 5.05. The first-order valence-electron chi connectivity index (χ1n) is 7.68. The SMILES string of the molecule is NS(=O)(=O)c1ccc(CCNC(=O)c2ccccc2-c2nn[nH]n2)cc1.